The fourth-order valence-corrected chi connectivity index (χ4v) is 1.15. The molecule has 0 N–H and O–H groups in total. The van der Waals surface area contributed by atoms with Gasteiger partial charge >= 0.3 is 6.18 Å². The van der Waals surface area contributed by atoms with Crippen molar-refractivity contribution in [2.45, 2.75) is 19.5 Å². The van der Waals surface area contributed by atoms with Crippen molar-refractivity contribution in [2.24, 2.45) is 4.99 Å². The number of hydrogen-bond donors (Lipinski definition) is 0. The van der Waals surface area contributed by atoms with Gasteiger partial charge in [-0.2, -0.15) is 13.2 Å². The summed E-state index contributed by atoms with van der Waals surface area (Å²) in [6, 6.07) is 4.99. The van der Waals surface area contributed by atoms with Gasteiger partial charge in [0.05, 0.1) is 11.3 Å². The Morgan fingerprint density at radius 2 is 2.12 bits per heavy atom. The molecular weight excluding hydrogens is 215 g/mol. The van der Waals surface area contributed by atoms with Crippen molar-refractivity contribution in [3.05, 3.63) is 42.0 Å². The van der Waals surface area contributed by atoms with E-state index in [1.807, 2.05) is 6.92 Å². The molecular formula is C12H12F3N. The largest absolute Gasteiger partial charge is 0.416 e. The number of aliphatic imine (C=N–C) groups is 1. The first kappa shape index (κ1) is 12.5. The van der Waals surface area contributed by atoms with Crippen LogP contribution in [0.15, 0.2) is 35.8 Å². The zero-order valence-corrected chi connectivity index (χ0v) is 8.88. The number of alkyl halides is 3. The summed E-state index contributed by atoms with van der Waals surface area (Å²) in [7, 11) is 0. The number of benzene rings is 1. The second kappa shape index (κ2) is 4.96. The molecule has 86 valence electrons. The lowest BCUT2D eigenvalue weighted by Crippen LogP contribution is -2.04. The Balaban J connectivity index is 2.99. The van der Waals surface area contributed by atoms with Crippen molar-refractivity contribution < 1.29 is 13.2 Å². The fourth-order valence-electron chi connectivity index (χ4n) is 1.15. The maximum Gasteiger partial charge on any atom is 0.416 e. The first-order valence-electron chi connectivity index (χ1n) is 4.84. The maximum atomic E-state index is 12.4. The lowest BCUT2D eigenvalue weighted by atomic mass is 10.1. The van der Waals surface area contributed by atoms with Gasteiger partial charge in [-0.15, -0.1) is 0 Å². The van der Waals surface area contributed by atoms with Gasteiger partial charge in [0.15, 0.2) is 0 Å². The highest BCUT2D eigenvalue weighted by Crippen LogP contribution is 2.30. The first-order chi connectivity index (χ1) is 7.45. The summed E-state index contributed by atoms with van der Waals surface area (Å²) >= 11 is 0. The fraction of sp³-hybridized carbons (Fsp3) is 0.250. The van der Waals surface area contributed by atoms with E-state index in [2.05, 4.69) is 11.6 Å². The molecule has 0 amide bonds. The molecule has 0 fully saturated rings. The van der Waals surface area contributed by atoms with Crippen LogP contribution in [0.5, 0.6) is 0 Å². The van der Waals surface area contributed by atoms with Gasteiger partial charge < -0.3 is 0 Å². The second-order valence-electron chi connectivity index (χ2n) is 3.25. The van der Waals surface area contributed by atoms with Gasteiger partial charge in [0.2, 0.25) is 0 Å². The molecule has 1 aromatic rings. The minimum atomic E-state index is -4.33. The number of rotatable bonds is 3. The summed E-state index contributed by atoms with van der Waals surface area (Å²) in [6.45, 7) is 5.51. The standard InChI is InChI=1S/C12H12F3N/c1-3-7-16-9(2)10-5-4-6-11(8-10)12(13,14)15/h4-8H,2-3H2,1H3. The molecule has 0 aliphatic rings. The highest BCUT2D eigenvalue weighted by Gasteiger charge is 2.30. The van der Waals surface area contributed by atoms with Crippen LogP contribution in [0.4, 0.5) is 13.2 Å². The van der Waals surface area contributed by atoms with Crippen LogP contribution in [0, 0.1) is 0 Å². The third kappa shape index (κ3) is 3.22. The third-order valence-corrected chi connectivity index (χ3v) is 1.95. The summed E-state index contributed by atoms with van der Waals surface area (Å²) in [5, 5.41) is 0. The van der Waals surface area contributed by atoms with Gasteiger partial charge in [-0.05, 0) is 18.6 Å². The van der Waals surface area contributed by atoms with Crippen LogP contribution in [-0.2, 0) is 6.18 Å². The van der Waals surface area contributed by atoms with Gasteiger partial charge in [-0.25, -0.2) is 0 Å². The Morgan fingerprint density at radius 1 is 1.44 bits per heavy atom. The van der Waals surface area contributed by atoms with Gasteiger partial charge in [-0.3, -0.25) is 4.99 Å². The van der Waals surface area contributed by atoms with E-state index >= 15 is 0 Å². The molecule has 0 saturated carbocycles. The van der Waals surface area contributed by atoms with Crippen LogP contribution in [0.3, 0.4) is 0 Å². The molecule has 1 aromatic carbocycles. The number of hydrogen-bond acceptors (Lipinski definition) is 1. The smallest absolute Gasteiger partial charge is 0.261 e. The second-order valence-corrected chi connectivity index (χ2v) is 3.25. The van der Waals surface area contributed by atoms with Crippen molar-refractivity contribution in [1.29, 1.82) is 0 Å². The topological polar surface area (TPSA) is 12.4 Å². The molecule has 1 rings (SSSR count). The molecule has 0 unspecified atom stereocenters. The van der Waals surface area contributed by atoms with E-state index in [9.17, 15) is 13.2 Å². The molecule has 0 spiro atoms. The lowest BCUT2D eigenvalue weighted by molar-refractivity contribution is -0.137. The third-order valence-electron chi connectivity index (χ3n) is 1.95. The van der Waals surface area contributed by atoms with Crippen LogP contribution in [0.2, 0.25) is 0 Å². The average Bonchev–Trinajstić information content (AvgIpc) is 2.25. The van der Waals surface area contributed by atoms with Gasteiger partial charge in [0, 0.05) is 11.8 Å². The SMILES string of the molecule is C=C(N=CCC)c1cccc(C(F)(F)F)c1. The number of halogens is 3. The predicted octanol–water partition coefficient (Wildman–Crippen LogP) is 4.16. The van der Waals surface area contributed by atoms with Crippen LogP contribution >= 0.6 is 0 Å². The normalized spacial score (nSPS) is 12.0. The molecule has 0 saturated heterocycles. The van der Waals surface area contributed by atoms with Crippen LogP contribution in [0.1, 0.15) is 24.5 Å². The summed E-state index contributed by atoms with van der Waals surface area (Å²) < 4.78 is 37.2. The van der Waals surface area contributed by atoms with E-state index in [0.717, 1.165) is 18.6 Å². The quantitative estimate of drug-likeness (QED) is 0.687. The molecule has 0 heterocycles. The number of nitrogens with zero attached hydrogens (tertiary/aromatic N) is 1. The molecule has 0 aliphatic carbocycles. The summed E-state index contributed by atoms with van der Waals surface area (Å²) in [5.41, 5.74) is 0.0466. The summed E-state index contributed by atoms with van der Waals surface area (Å²) in [5.74, 6) is 0. The average molecular weight is 227 g/mol. The van der Waals surface area contributed by atoms with Gasteiger partial charge in [0.25, 0.3) is 0 Å². The maximum absolute atomic E-state index is 12.4. The van der Waals surface area contributed by atoms with Crippen molar-refractivity contribution in [1.82, 2.24) is 0 Å². The van der Waals surface area contributed by atoms with Crippen molar-refractivity contribution in [3.63, 3.8) is 0 Å². The Labute approximate surface area is 92.3 Å². The predicted molar refractivity (Wildman–Crippen MR) is 59.3 cm³/mol. The van der Waals surface area contributed by atoms with E-state index in [1.54, 1.807) is 12.3 Å². The lowest BCUT2D eigenvalue weighted by Gasteiger charge is -2.08. The molecule has 0 radical (unpaired) electrons. The molecule has 4 heteroatoms. The van der Waals surface area contributed by atoms with Crippen molar-refractivity contribution in [3.8, 4) is 0 Å². The molecule has 0 bridgehead atoms. The highest BCUT2D eigenvalue weighted by molar-refractivity contribution is 5.72. The monoisotopic (exact) mass is 227 g/mol. The van der Waals surface area contributed by atoms with E-state index in [0.29, 0.717) is 11.3 Å². The molecule has 0 aromatic heterocycles. The Morgan fingerprint density at radius 3 is 2.69 bits per heavy atom. The van der Waals surface area contributed by atoms with E-state index < -0.39 is 11.7 Å². The zero-order valence-electron chi connectivity index (χ0n) is 8.88. The van der Waals surface area contributed by atoms with E-state index in [-0.39, 0.29) is 0 Å². The highest BCUT2D eigenvalue weighted by atomic mass is 19.4. The Bertz CT molecular complexity index is 405. The molecule has 1 nitrogen and oxygen atoms in total. The van der Waals surface area contributed by atoms with Crippen molar-refractivity contribution >= 4 is 11.9 Å². The van der Waals surface area contributed by atoms with Crippen LogP contribution in [0.25, 0.3) is 5.70 Å². The van der Waals surface area contributed by atoms with Crippen LogP contribution < -0.4 is 0 Å². The van der Waals surface area contributed by atoms with Crippen LogP contribution in [-0.4, -0.2) is 6.21 Å². The molecule has 0 atom stereocenters. The Kier molecular flexibility index (Phi) is 3.88. The van der Waals surface area contributed by atoms with E-state index in [4.69, 9.17) is 0 Å². The Hall–Kier alpha value is -1.58. The van der Waals surface area contributed by atoms with E-state index in [1.165, 1.54) is 6.07 Å². The minimum absolute atomic E-state index is 0.341. The summed E-state index contributed by atoms with van der Waals surface area (Å²) in [4.78, 5) is 3.95. The first-order valence-corrected chi connectivity index (χ1v) is 4.84. The summed E-state index contributed by atoms with van der Waals surface area (Å²) in [6.07, 6.45) is -1.99. The zero-order chi connectivity index (χ0) is 12.2. The molecule has 0 aliphatic heterocycles. The van der Waals surface area contributed by atoms with Gasteiger partial charge in [0.1, 0.15) is 0 Å². The minimum Gasteiger partial charge on any atom is -0.261 e. The molecule has 16 heavy (non-hydrogen) atoms. The van der Waals surface area contributed by atoms with Crippen molar-refractivity contribution in [2.75, 3.05) is 0 Å². The van der Waals surface area contributed by atoms with Gasteiger partial charge in [-0.1, -0.05) is 25.6 Å².